The summed E-state index contributed by atoms with van der Waals surface area (Å²) in [5.74, 6) is 3.32. The highest BCUT2D eigenvalue weighted by molar-refractivity contribution is 5.50. The normalized spacial score (nSPS) is 10.7. The van der Waals surface area contributed by atoms with E-state index in [0.717, 1.165) is 48.7 Å². The van der Waals surface area contributed by atoms with Gasteiger partial charge in [-0.3, -0.25) is 0 Å². The summed E-state index contributed by atoms with van der Waals surface area (Å²) < 4.78 is 12.7. The van der Waals surface area contributed by atoms with Crippen LogP contribution in [0.2, 0.25) is 0 Å². The molecule has 3 rings (SSSR count). The van der Waals surface area contributed by atoms with Gasteiger partial charge in [-0.1, -0.05) is 64.1 Å². The second-order valence-electron chi connectivity index (χ2n) is 6.85. The summed E-state index contributed by atoms with van der Waals surface area (Å²) in [6, 6.07) is 20.5. The quantitative estimate of drug-likeness (QED) is 0.406. The van der Waals surface area contributed by atoms with Crippen LogP contribution in [0.3, 0.4) is 0 Å². The van der Waals surface area contributed by atoms with E-state index < -0.39 is 0 Å². The fourth-order valence-corrected chi connectivity index (χ4v) is 3.73. The molecular formula is C26H30O2. The summed E-state index contributed by atoms with van der Waals surface area (Å²) >= 11 is 0. The lowest BCUT2D eigenvalue weighted by Crippen LogP contribution is -1.99. The van der Waals surface area contributed by atoms with Crippen LogP contribution in [0.5, 0.6) is 23.0 Å². The van der Waals surface area contributed by atoms with Crippen LogP contribution >= 0.6 is 0 Å². The van der Waals surface area contributed by atoms with Crippen molar-refractivity contribution in [1.29, 1.82) is 0 Å². The molecule has 0 amide bonds. The van der Waals surface area contributed by atoms with Gasteiger partial charge in [-0.25, -0.2) is 0 Å². The third kappa shape index (κ3) is 4.22. The number of para-hydroxylation sites is 2. The standard InChI is InChI=1S/C26H30O2/c1-5-19-13-11-17-23(21(19)7-3)27-25-15-9-10-16-26(25)28-24-18-12-14-20(6-2)22(24)8-4/h9-18H,5-8H2,1-4H3. The van der Waals surface area contributed by atoms with E-state index in [1.807, 2.05) is 36.4 Å². The first kappa shape index (κ1) is 20.0. The van der Waals surface area contributed by atoms with Crippen molar-refractivity contribution in [2.24, 2.45) is 0 Å². The van der Waals surface area contributed by atoms with Crippen LogP contribution in [0.4, 0.5) is 0 Å². The molecule has 28 heavy (non-hydrogen) atoms. The summed E-state index contributed by atoms with van der Waals surface area (Å²) in [6.45, 7) is 8.71. The van der Waals surface area contributed by atoms with Gasteiger partial charge in [0.2, 0.25) is 0 Å². The van der Waals surface area contributed by atoms with Crippen molar-refractivity contribution in [3.8, 4) is 23.0 Å². The minimum atomic E-state index is 0.745. The average Bonchev–Trinajstić information content (AvgIpc) is 2.74. The van der Waals surface area contributed by atoms with Crippen LogP contribution in [0.1, 0.15) is 49.9 Å². The van der Waals surface area contributed by atoms with Crippen molar-refractivity contribution in [2.75, 3.05) is 0 Å². The second kappa shape index (κ2) is 9.45. The molecule has 0 aliphatic heterocycles. The molecule has 0 aliphatic carbocycles. The zero-order valence-electron chi connectivity index (χ0n) is 17.4. The van der Waals surface area contributed by atoms with Gasteiger partial charge in [0.05, 0.1) is 0 Å². The molecule has 0 spiro atoms. The largest absolute Gasteiger partial charge is 0.453 e. The first-order chi connectivity index (χ1) is 13.7. The summed E-state index contributed by atoms with van der Waals surface area (Å²) in [5.41, 5.74) is 5.20. The van der Waals surface area contributed by atoms with Crippen molar-refractivity contribution in [3.05, 3.63) is 82.9 Å². The lowest BCUT2D eigenvalue weighted by molar-refractivity contribution is 0.413. The Morgan fingerprint density at radius 3 is 1.21 bits per heavy atom. The van der Waals surface area contributed by atoms with Gasteiger partial charge in [-0.2, -0.15) is 0 Å². The zero-order valence-corrected chi connectivity index (χ0v) is 17.4. The Morgan fingerprint density at radius 2 is 0.857 bits per heavy atom. The van der Waals surface area contributed by atoms with Crippen LogP contribution in [0, 0.1) is 0 Å². The smallest absolute Gasteiger partial charge is 0.169 e. The molecule has 0 aromatic heterocycles. The molecule has 3 aromatic rings. The minimum absolute atomic E-state index is 0.745. The van der Waals surface area contributed by atoms with Crippen LogP contribution in [0.15, 0.2) is 60.7 Å². The Kier molecular flexibility index (Phi) is 6.76. The highest BCUT2D eigenvalue weighted by Crippen LogP contribution is 2.38. The summed E-state index contributed by atoms with van der Waals surface area (Å²) in [5, 5.41) is 0. The lowest BCUT2D eigenvalue weighted by Gasteiger charge is -2.18. The number of rotatable bonds is 8. The molecule has 2 heteroatoms. The maximum Gasteiger partial charge on any atom is 0.169 e. The Hall–Kier alpha value is -2.74. The summed E-state index contributed by atoms with van der Waals surface area (Å²) in [6.07, 6.45) is 3.90. The molecule has 0 N–H and O–H groups in total. The van der Waals surface area contributed by atoms with Crippen LogP contribution in [-0.4, -0.2) is 0 Å². The number of aryl methyl sites for hydroxylation is 2. The van der Waals surface area contributed by atoms with Gasteiger partial charge in [0.25, 0.3) is 0 Å². The van der Waals surface area contributed by atoms with Gasteiger partial charge in [0.1, 0.15) is 11.5 Å². The van der Waals surface area contributed by atoms with E-state index in [0.29, 0.717) is 0 Å². The molecule has 0 heterocycles. The van der Waals surface area contributed by atoms with Crippen molar-refractivity contribution in [2.45, 2.75) is 53.4 Å². The molecule has 3 aromatic carbocycles. The molecule has 146 valence electrons. The highest BCUT2D eigenvalue weighted by Gasteiger charge is 2.13. The molecule has 0 saturated heterocycles. The Bertz CT molecular complexity index is 851. The van der Waals surface area contributed by atoms with Crippen LogP contribution < -0.4 is 9.47 Å². The Labute approximate surface area is 169 Å². The number of ether oxygens (including phenoxy) is 2. The molecule has 2 nitrogen and oxygen atoms in total. The molecule has 0 fully saturated rings. The minimum Gasteiger partial charge on any atom is -0.453 e. The van der Waals surface area contributed by atoms with Gasteiger partial charge in [-0.05, 0) is 72.2 Å². The predicted molar refractivity (Wildman–Crippen MR) is 117 cm³/mol. The molecule has 0 bridgehead atoms. The van der Waals surface area contributed by atoms with Crippen molar-refractivity contribution < 1.29 is 9.47 Å². The number of hydrogen-bond acceptors (Lipinski definition) is 2. The van der Waals surface area contributed by atoms with E-state index in [1.54, 1.807) is 0 Å². The van der Waals surface area contributed by atoms with Gasteiger partial charge in [0, 0.05) is 0 Å². The summed E-state index contributed by atoms with van der Waals surface area (Å²) in [7, 11) is 0. The SMILES string of the molecule is CCc1cccc(Oc2ccccc2Oc2cccc(CC)c2CC)c1CC. The van der Waals surface area contributed by atoms with Crippen molar-refractivity contribution >= 4 is 0 Å². The Morgan fingerprint density at radius 1 is 0.464 bits per heavy atom. The second-order valence-corrected chi connectivity index (χ2v) is 6.85. The number of hydrogen-bond donors (Lipinski definition) is 0. The van der Waals surface area contributed by atoms with Gasteiger partial charge in [0.15, 0.2) is 11.5 Å². The first-order valence-electron chi connectivity index (χ1n) is 10.4. The van der Waals surface area contributed by atoms with Gasteiger partial charge >= 0.3 is 0 Å². The van der Waals surface area contributed by atoms with Crippen LogP contribution in [-0.2, 0) is 25.7 Å². The fourth-order valence-electron chi connectivity index (χ4n) is 3.73. The molecular weight excluding hydrogens is 344 g/mol. The van der Waals surface area contributed by atoms with Gasteiger partial charge < -0.3 is 9.47 Å². The average molecular weight is 375 g/mol. The van der Waals surface area contributed by atoms with E-state index in [2.05, 4.69) is 52.0 Å². The van der Waals surface area contributed by atoms with Gasteiger partial charge in [-0.15, -0.1) is 0 Å². The van der Waals surface area contributed by atoms with E-state index >= 15 is 0 Å². The third-order valence-electron chi connectivity index (χ3n) is 5.22. The van der Waals surface area contributed by atoms with E-state index in [-0.39, 0.29) is 0 Å². The fraction of sp³-hybridized carbons (Fsp3) is 0.308. The molecule has 0 unspecified atom stereocenters. The molecule has 0 radical (unpaired) electrons. The zero-order chi connectivity index (χ0) is 19.9. The predicted octanol–water partition coefficient (Wildman–Crippen LogP) is 7.52. The summed E-state index contributed by atoms with van der Waals surface area (Å²) in [4.78, 5) is 0. The lowest BCUT2D eigenvalue weighted by atomic mass is 10.0. The first-order valence-corrected chi connectivity index (χ1v) is 10.4. The molecule has 0 atom stereocenters. The molecule has 0 aliphatic rings. The monoisotopic (exact) mass is 374 g/mol. The van der Waals surface area contributed by atoms with E-state index in [9.17, 15) is 0 Å². The molecule has 0 saturated carbocycles. The topological polar surface area (TPSA) is 18.5 Å². The highest BCUT2D eigenvalue weighted by atomic mass is 16.5. The number of benzene rings is 3. The maximum atomic E-state index is 6.35. The van der Waals surface area contributed by atoms with Crippen LogP contribution in [0.25, 0.3) is 0 Å². The van der Waals surface area contributed by atoms with Crippen molar-refractivity contribution in [3.63, 3.8) is 0 Å². The Balaban J connectivity index is 1.96. The van der Waals surface area contributed by atoms with E-state index in [1.165, 1.54) is 22.3 Å². The maximum absolute atomic E-state index is 6.35. The van der Waals surface area contributed by atoms with Crippen molar-refractivity contribution in [1.82, 2.24) is 0 Å². The van der Waals surface area contributed by atoms with E-state index in [4.69, 9.17) is 9.47 Å². The third-order valence-corrected chi connectivity index (χ3v) is 5.22.